The van der Waals surface area contributed by atoms with Crippen LogP contribution in [-0.2, 0) is 0 Å². The van der Waals surface area contributed by atoms with Gasteiger partial charge in [-0.05, 0) is 55.8 Å². The van der Waals surface area contributed by atoms with E-state index in [0.717, 1.165) is 18.6 Å². The summed E-state index contributed by atoms with van der Waals surface area (Å²) < 4.78 is 6.26. The van der Waals surface area contributed by atoms with E-state index in [1.807, 2.05) is 35.2 Å². The smallest absolute Gasteiger partial charge is 0.257 e. The van der Waals surface area contributed by atoms with E-state index in [-0.39, 0.29) is 17.9 Å². The van der Waals surface area contributed by atoms with Gasteiger partial charge in [0, 0.05) is 19.0 Å². The molecule has 0 radical (unpaired) electrons. The maximum Gasteiger partial charge on any atom is 0.257 e. The SMILES string of the molecule is NC[C@@H]1CN(C(=O)c2ccccc2OC2CCCCC2)C[C@H]1c1ccccc1. The average Bonchev–Trinajstić information content (AvgIpc) is 3.20. The lowest BCUT2D eigenvalue weighted by atomic mass is 9.89. The van der Waals surface area contributed by atoms with Crippen LogP contribution in [0.2, 0.25) is 0 Å². The number of benzene rings is 2. The molecule has 1 aliphatic carbocycles. The van der Waals surface area contributed by atoms with Gasteiger partial charge in [0.2, 0.25) is 0 Å². The minimum absolute atomic E-state index is 0.0586. The van der Waals surface area contributed by atoms with Crippen LogP contribution in [0.1, 0.15) is 53.9 Å². The van der Waals surface area contributed by atoms with Crippen molar-refractivity contribution in [1.82, 2.24) is 4.90 Å². The Bertz CT molecular complexity index is 786. The Labute approximate surface area is 167 Å². The van der Waals surface area contributed by atoms with Crippen LogP contribution in [0.4, 0.5) is 0 Å². The first kappa shape index (κ1) is 19.0. The number of carbonyl (C=O) groups excluding carboxylic acids is 1. The number of hydrogen-bond acceptors (Lipinski definition) is 3. The van der Waals surface area contributed by atoms with Gasteiger partial charge in [0.05, 0.1) is 11.7 Å². The minimum atomic E-state index is 0.0586. The lowest BCUT2D eigenvalue weighted by molar-refractivity contribution is 0.0775. The summed E-state index contributed by atoms with van der Waals surface area (Å²) >= 11 is 0. The largest absolute Gasteiger partial charge is 0.490 e. The van der Waals surface area contributed by atoms with E-state index in [9.17, 15) is 4.79 Å². The highest BCUT2D eigenvalue weighted by Crippen LogP contribution is 2.34. The maximum atomic E-state index is 13.4. The number of likely N-dealkylation sites (tertiary alicyclic amines) is 1. The molecule has 1 amide bonds. The van der Waals surface area contributed by atoms with Gasteiger partial charge in [-0.2, -0.15) is 0 Å². The zero-order chi connectivity index (χ0) is 19.3. The number of para-hydroxylation sites is 1. The molecule has 2 fully saturated rings. The van der Waals surface area contributed by atoms with E-state index in [4.69, 9.17) is 10.5 Å². The summed E-state index contributed by atoms with van der Waals surface area (Å²) in [7, 11) is 0. The van der Waals surface area contributed by atoms with Crippen LogP contribution in [0.3, 0.4) is 0 Å². The summed E-state index contributed by atoms with van der Waals surface area (Å²) in [5.41, 5.74) is 8.00. The number of nitrogens with zero attached hydrogens (tertiary/aromatic N) is 1. The van der Waals surface area contributed by atoms with Crippen molar-refractivity contribution in [3.63, 3.8) is 0 Å². The second-order valence-corrected chi connectivity index (χ2v) is 8.10. The normalized spacial score (nSPS) is 23.0. The zero-order valence-corrected chi connectivity index (χ0v) is 16.4. The van der Waals surface area contributed by atoms with Crippen LogP contribution in [0.25, 0.3) is 0 Å². The highest BCUT2D eigenvalue weighted by Gasteiger charge is 2.36. The Morgan fingerprint density at radius 1 is 0.964 bits per heavy atom. The Balaban J connectivity index is 1.51. The Kier molecular flexibility index (Phi) is 5.96. The fourth-order valence-electron chi connectivity index (χ4n) is 4.63. The van der Waals surface area contributed by atoms with Crippen molar-refractivity contribution in [2.24, 2.45) is 11.7 Å². The van der Waals surface area contributed by atoms with Crippen molar-refractivity contribution >= 4 is 5.91 Å². The quantitative estimate of drug-likeness (QED) is 0.848. The van der Waals surface area contributed by atoms with E-state index in [1.165, 1.54) is 24.8 Å². The standard InChI is InChI=1S/C24H30N2O2/c25-15-19-16-26(17-22(19)18-9-3-1-4-10-18)24(27)21-13-7-8-14-23(21)28-20-11-5-2-6-12-20/h1,3-4,7-10,13-14,19-20,22H,2,5-6,11-12,15-17,25H2/t19-,22+/m1/s1. The van der Waals surface area contributed by atoms with E-state index in [2.05, 4.69) is 24.3 Å². The first-order valence-electron chi connectivity index (χ1n) is 10.6. The third-order valence-corrected chi connectivity index (χ3v) is 6.22. The highest BCUT2D eigenvalue weighted by molar-refractivity contribution is 5.97. The molecule has 2 atom stereocenters. The van der Waals surface area contributed by atoms with Gasteiger partial charge in [-0.1, -0.05) is 48.9 Å². The predicted molar refractivity (Wildman–Crippen MR) is 112 cm³/mol. The highest BCUT2D eigenvalue weighted by atomic mass is 16.5. The topological polar surface area (TPSA) is 55.6 Å². The molecule has 1 saturated heterocycles. The van der Waals surface area contributed by atoms with Gasteiger partial charge < -0.3 is 15.4 Å². The van der Waals surface area contributed by atoms with Crippen LogP contribution < -0.4 is 10.5 Å². The van der Waals surface area contributed by atoms with Crippen molar-refractivity contribution in [3.05, 3.63) is 65.7 Å². The lowest BCUT2D eigenvalue weighted by Gasteiger charge is -2.25. The Morgan fingerprint density at radius 3 is 2.43 bits per heavy atom. The number of ether oxygens (including phenoxy) is 1. The molecule has 1 heterocycles. The van der Waals surface area contributed by atoms with Gasteiger partial charge >= 0.3 is 0 Å². The molecular weight excluding hydrogens is 348 g/mol. The molecule has 4 heteroatoms. The van der Waals surface area contributed by atoms with Crippen LogP contribution in [0.15, 0.2) is 54.6 Å². The minimum Gasteiger partial charge on any atom is -0.490 e. The number of rotatable bonds is 5. The van der Waals surface area contributed by atoms with Crippen molar-refractivity contribution in [3.8, 4) is 5.75 Å². The molecule has 28 heavy (non-hydrogen) atoms. The first-order chi connectivity index (χ1) is 13.8. The van der Waals surface area contributed by atoms with E-state index >= 15 is 0 Å². The molecule has 1 saturated carbocycles. The molecule has 2 N–H and O–H groups in total. The number of amides is 1. The molecule has 4 nitrogen and oxygen atoms in total. The lowest BCUT2D eigenvalue weighted by Crippen LogP contribution is -2.30. The third-order valence-electron chi connectivity index (χ3n) is 6.22. The Morgan fingerprint density at radius 2 is 1.68 bits per heavy atom. The summed E-state index contributed by atoms with van der Waals surface area (Å²) in [6.07, 6.45) is 6.11. The van der Waals surface area contributed by atoms with Crippen molar-refractivity contribution < 1.29 is 9.53 Å². The first-order valence-corrected chi connectivity index (χ1v) is 10.6. The van der Waals surface area contributed by atoms with E-state index < -0.39 is 0 Å². The maximum absolute atomic E-state index is 13.4. The molecule has 4 rings (SSSR count). The average molecular weight is 379 g/mol. The van der Waals surface area contributed by atoms with E-state index in [1.54, 1.807) is 0 Å². The molecule has 2 aromatic rings. The number of carbonyl (C=O) groups is 1. The fraction of sp³-hybridized carbons (Fsp3) is 0.458. The van der Waals surface area contributed by atoms with Crippen molar-refractivity contribution in [2.75, 3.05) is 19.6 Å². The zero-order valence-electron chi connectivity index (χ0n) is 16.4. The molecule has 0 bridgehead atoms. The second-order valence-electron chi connectivity index (χ2n) is 8.10. The molecule has 0 aromatic heterocycles. The van der Waals surface area contributed by atoms with Crippen molar-refractivity contribution in [2.45, 2.75) is 44.1 Å². The summed E-state index contributed by atoms with van der Waals surface area (Å²) in [4.78, 5) is 15.3. The van der Waals surface area contributed by atoms with Crippen LogP contribution in [0, 0.1) is 5.92 Å². The van der Waals surface area contributed by atoms with Crippen LogP contribution in [-0.4, -0.2) is 36.5 Å². The monoisotopic (exact) mass is 378 g/mol. The summed E-state index contributed by atoms with van der Waals surface area (Å²) in [6.45, 7) is 2.00. The third kappa shape index (κ3) is 4.07. The van der Waals surface area contributed by atoms with Crippen molar-refractivity contribution in [1.29, 1.82) is 0 Å². The van der Waals surface area contributed by atoms with Gasteiger partial charge in [0.1, 0.15) is 5.75 Å². The molecule has 2 aromatic carbocycles. The predicted octanol–water partition coefficient (Wildman–Crippen LogP) is 4.21. The fourth-order valence-corrected chi connectivity index (χ4v) is 4.63. The van der Waals surface area contributed by atoms with Gasteiger partial charge in [0.15, 0.2) is 0 Å². The molecular formula is C24H30N2O2. The number of hydrogen-bond donors (Lipinski definition) is 1. The van der Waals surface area contributed by atoms with Crippen LogP contribution >= 0.6 is 0 Å². The van der Waals surface area contributed by atoms with E-state index in [0.29, 0.717) is 31.1 Å². The van der Waals surface area contributed by atoms with Gasteiger partial charge in [-0.25, -0.2) is 0 Å². The van der Waals surface area contributed by atoms with Crippen LogP contribution in [0.5, 0.6) is 5.75 Å². The Hall–Kier alpha value is -2.33. The number of nitrogens with two attached hydrogens (primary N) is 1. The van der Waals surface area contributed by atoms with Gasteiger partial charge in [0.25, 0.3) is 5.91 Å². The second kappa shape index (κ2) is 8.78. The molecule has 0 unspecified atom stereocenters. The van der Waals surface area contributed by atoms with Gasteiger partial charge in [-0.3, -0.25) is 4.79 Å². The summed E-state index contributed by atoms with van der Waals surface area (Å²) in [6, 6.07) is 18.1. The molecule has 2 aliphatic rings. The van der Waals surface area contributed by atoms with Gasteiger partial charge in [-0.15, -0.1) is 0 Å². The molecule has 1 aliphatic heterocycles. The molecule has 148 valence electrons. The summed E-state index contributed by atoms with van der Waals surface area (Å²) in [5, 5.41) is 0. The molecule has 0 spiro atoms. The summed E-state index contributed by atoms with van der Waals surface area (Å²) in [5.74, 6) is 1.37.